The Hall–Kier alpha value is -3.15. The molecule has 6 nitrogen and oxygen atoms in total. The molecule has 6 heteroatoms. The maximum Gasteiger partial charge on any atom is 0.270 e. The number of aromatic nitrogens is 1. The molecular formula is C20H20N2O4. The number of rotatable bonds is 4. The average molecular weight is 352 g/mol. The lowest BCUT2D eigenvalue weighted by molar-refractivity contribution is -0.385. The molecule has 26 heavy (non-hydrogen) atoms. The van der Waals surface area contributed by atoms with Crippen LogP contribution in [0.5, 0.6) is 11.5 Å². The van der Waals surface area contributed by atoms with E-state index < -0.39 is 4.92 Å². The molecule has 3 aromatic rings. The Morgan fingerprint density at radius 3 is 2.19 bits per heavy atom. The van der Waals surface area contributed by atoms with Crippen LogP contribution in [-0.4, -0.2) is 10.1 Å². The first kappa shape index (κ1) is 17.7. The third-order valence-electron chi connectivity index (χ3n) is 4.25. The summed E-state index contributed by atoms with van der Waals surface area (Å²) in [5, 5.41) is 15.0. The zero-order valence-corrected chi connectivity index (χ0v) is 15.4. The quantitative estimate of drug-likeness (QED) is 0.452. The standard InChI is InChI=1S/C20H20N2O4/c1-11-6-16(19-14(4)21-26-15(19)5)10-18(7-11)25-20-12(2)8-17(22(23)24)9-13(20)3/h6-10H,1-5H3. The molecule has 0 aliphatic carbocycles. The molecule has 1 aromatic heterocycles. The molecule has 0 aliphatic rings. The van der Waals surface area contributed by atoms with Gasteiger partial charge in [-0.1, -0.05) is 11.2 Å². The molecule has 1 heterocycles. The summed E-state index contributed by atoms with van der Waals surface area (Å²) in [6.07, 6.45) is 0. The fourth-order valence-electron chi connectivity index (χ4n) is 3.16. The minimum atomic E-state index is -0.397. The van der Waals surface area contributed by atoms with Gasteiger partial charge in [0.1, 0.15) is 17.3 Å². The lowest BCUT2D eigenvalue weighted by Crippen LogP contribution is -1.96. The van der Waals surface area contributed by atoms with Crippen LogP contribution in [0.25, 0.3) is 11.1 Å². The molecule has 0 N–H and O–H groups in total. The fourth-order valence-corrected chi connectivity index (χ4v) is 3.16. The van der Waals surface area contributed by atoms with Crippen LogP contribution in [0.1, 0.15) is 28.1 Å². The van der Waals surface area contributed by atoms with Gasteiger partial charge in [-0.3, -0.25) is 10.1 Å². The van der Waals surface area contributed by atoms with Crippen LogP contribution in [0.2, 0.25) is 0 Å². The number of hydrogen-bond acceptors (Lipinski definition) is 5. The highest BCUT2D eigenvalue weighted by molar-refractivity contribution is 5.70. The number of aryl methyl sites for hydroxylation is 5. The van der Waals surface area contributed by atoms with Crippen LogP contribution in [0.15, 0.2) is 34.9 Å². The Kier molecular flexibility index (Phi) is 4.50. The summed E-state index contributed by atoms with van der Waals surface area (Å²) in [5.74, 6) is 2.05. The van der Waals surface area contributed by atoms with Gasteiger partial charge >= 0.3 is 0 Å². The summed E-state index contributed by atoms with van der Waals surface area (Å²) >= 11 is 0. The Morgan fingerprint density at radius 1 is 1.00 bits per heavy atom. The van der Waals surface area contributed by atoms with E-state index in [2.05, 4.69) is 11.2 Å². The zero-order valence-electron chi connectivity index (χ0n) is 15.4. The molecule has 0 aliphatic heterocycles. The molecule has 0 unspecified atom stereocenters. The van der Waals surface area contributed by atoms with Crippen LogP contribution >= 0.6 is 0 Å². The van der Waals surface area contributed by atoms with Gasteiger partial charge in [-0.25, -0.2) is 0 Å². The first-order valence-electron chi connectivity index (χ1n) is 8.24. The number of non-ortho nitro benzene ring substituents is 1. The first-order valence-corrected chi connectivity index (χ1v) is 8.24. The number of hydrogen-bond donors (Lipinski definition) is 0. The average Bonchev–Trinajstić information content (AvgIpc) is 2.89. The molecule has 3 rings (SSSR count). The monoisotopic (exact) mass is 352 g/mol. The van der Waals surface area contributed by atoms with Crippen molar-refractivity contribution in [2.45, 2.75) is 34.6 Å². The van der Waals surface area contributed by atoms with E-state index in [9.17, 15) is 10.1 Å². The van der Waals surface area contributed by atoms with Gasteiger partial charge in [0.25, 0.3) is 5.69 Å². The number of nitro benzene ring substituents is 1. The van der Waals surface area contributed by atoms with E-state index in [1.54, 1.807) is 13.8 Å². The second-order valence-electron chi connectivity index (χ2n) is 6.50. The summed E-state index contributed by atoms with van der Waals surface area (Å²) in [4.78, 5) is 10.6. The van der Waals surface area contributed by atoms with E-state index in [0.29, 0.717) is 11.5 Å². The maximum atomic E-state index is 11.0. The van der Waals surface area contributed by atoms with E-state index in [1.165, 1.54) is 12.1 Å². The lowest BCUT2D eigenvalue weighted by Gasteiger charge is -2.13. The van der Waals surface area contributed by atoms with Crippen LogP contribution in [0.3, 0.4) is 0 Å². The summed E-state index contributed by atoms with van der Waals surface area (Å²) in [6, 6.07) is 8.96. The molecule has 0 saturated carbocycles. The molecular weight excluding hydrogens is 332 g/mol. The predicted octanol–water partition coefficient (Wildman–Crippen LogP) is 5.58. The fraction of sp³-hybridized carbons (Fsp3) is 0.250. The summed E-state index contributed by atoms with van der Waals surface area (Å²) in [7, 11) is 0. The van der Waals surface area contributed by atoms with E-state index >= 15 is 0 Å². The molecule has 0 bridgehead atoms. The van der Waals surface area contributed by atoms with E-state index in [4.69, 9.17) is 9.26 Å². The highest BCUT2D eigenvalue weighted by Gasteiger charge is 2.16. The highest BCUT2D eigenvalue weighted by Crippen LogP contribution is 2.36. The molecule has 0 radical (unpaired) electrons. The maximum absolute atomic E-state index is 11.0. The normalized spacial score (nSPS) is 10.8. The predicted molar refractivity (Wildman–Crippen MR) is 98.8 cm³/mol. The molecule has 0 amide bonds. The van der Waals surface area contributed by atoms with Gasteiger partial charge < -0.3 is 9.26 Å². The van der Waals surface area contributed by atoms with Crippen LogP contribution in [0.4, 0.5) is 5.69 Å². The van der Waals surface area contributed by atoms with Crippen LogP contribution < -0.4 is 4.74 Å². The smallest absolute Gasteiger partial charge is 0.270 e. The van der Waals surface area contributed by atoms with Gasteiger partial charge in [0.05, 0.1) is 10.6 Å². The van der Waals surface area contributed by atoms with Crippen molar-refractivity contribution in [2.75, 3.05) is 0 Å². The van der Waals surface area contributed by atoms with Gasteiger partial charge in [0.2, 0.25) is 0 Å². The van der Waals surface area contributed by atoms with Crippen molar-refractivity contribution < 1.29 is 14.2 Å². The van der Waals surface area contributed by atoms with Gasteiger partial charge in [-0.05, 0) is 69.0 Å². The second-order valence-corrected chi connectivity index (χ2v) is 6.50. The van der Waals surface area contributed by atoms with Crippen molar-refractivity contribution >= 4 is 5.69 Å². The molecule has 0 saturated heterocycles. The molecule has 0 atom stereocenters. The van der Waals surface area contributed by atoms with Gasteiger partial charge in [0.15, 0.2) is 0 Å². The van der Waals surface area contributed by atoms with Crippen LogP contribution in [0, 0.1) is 44.7 Å². The zero-order chi connectivity index (χ0) is 19.0. The number of nitro groups is 1. The first-order chi connectivity index (χ1) is 12.3. The highest BCUT2D eigenvalue weighted by atomic mass is 16.6. The van der Waals surface area contributed by atoms with E-state index in [1.807, 2.05) is 32.9 Å². The Labute approximate surface area is 151 Å². The van der Waals surface area contributed by atoms with Gasteiger partial charge in [0, 0.05) is 17.7 Å². The van der Waals surface area contributed by atoms with E-state index in [-0.39, 0.29) is 5.69 Å². The van der Waals surface area contributed by atoms with Crippen LogP contribution in [-0.2, 0) is 0 Å². The Balaban J connectivity index is 2.03. The third kappa shape index (κ3) is 3.31. The topological polar surface area (TPSA) is 78.4 Å². The van der Waals surface area contributed by atoms with Gasteiger partial charge in [-0.2, -0.15) is 0 Å². The third-order valence-corrected chi connectivity index (χ3v) is 4.25. The number of benzene rings is 2. The number of nitrogens with zero attached hydrogens (tertiary/aromatic N) is 2. The Morgan fingerprint density at radius 2 is 1.65 bits per heavy atom. The summed E-state index contributed by atoms with van der Waals surface area (Å²) < 4.78 is 11.4. The molecule has 0 spiro atoms. The van der Waals surface area contributed by atoms with Crippen molar-refractivity contribution in [1.29, 1.82) is 0 Å². The van der Waals surface area contributed by atoms with Crippen molar-refractivity contribution in [3.05, 3.63) is 68.6 Å². The van der Waals surface area contributed by atoms with Crippen molar-refractivity contribution in [2.24, 2.45) is 0 Å². The minimum absolute atomic E-state index is 0.0630. The SMILES string of the molecule is Cc1cc(Oc2c(C)cc([N+](=O)[O-])cc2C)cc(-c2c(C)noc2C)c1. The van der Waals surface area contributed by atoms with Crippen molar-refractivity contribution in [1.82, 2.24) is 5.16 Å². The lowest BCUT2D eigenvalue weighted by atomic mass is 10.0. The largest absolute Gasteiger partial charge is 0.457 e. The minimum Gasteiger partial charge on any atom is -0.457 e. The second kappa shape index (κ2) is 6.63. The van der Waals surface area contributed by atoms with Crippen molar-refractivity contribution in [3.8, 4) is 22.6 Å². The molecule has 0 fully saturated rings. The van der Waals surface area contributed by atoms with Gasteiger partial charge in [-0.15, -0.1) is 0 Å². The Bertz CT molecular complexity index is 963. The van der Waals surface area contributed by atoms with Crippen molar-refractivity contribution in [3.63, 3.8) is 0 Å². The van der Waals surface area contributed by atoms with E-state index in [0.717, 1.165) is 39.3 Å². The summed E-state index contributed by atoms with van der Waals surface area (Å²) in [5.41, 5.74) is 5.28. The number of ether oxygens (including phenoxy) is 1. The molecule has 2 aromatic carbocycles. The summed E-state index contributed by atoms with van der Waals surface area (Å²) in [6.45, 7) is 9.38. The molecule has 134 valence electrons.